The smallest absolute Gasteiger partial charge is 0.323 e. The normalized spacial score (nSPS) is 28.8. The molecule has 2 amide bonds. The maximum Gasteiger partial charge on any atom is 0.323 e. The highest BCUT2D eigenvalue weighted by Crippen LogP contribution is 2.55. The Labute approximate surface area is 281 Å². The van der Waals surface area contributed by atoms with Crippen molar-refractivity contribution in [1.82, 2.24) is 10.6 Å². The standard InChI is InChI=1S/C35H47Cl2FN4O4/c1-19(2)29(39)32(44)46-24-13-11-23(12-14-24)40-31(43)30-28(20(3)8-7-9-22(37)18-38)35(27(42-30)17-34(4,5)6)25-15-10-21(36)16-26(25)41-33(35)45/h7-10,15-16,19,23-24,27-30,42H,3,11-14,17-18,39H2,1-2,4-6H3,(H,40,43)(H,41,45)/b8-7-,22-9+/t23-,24-,27-,28+,29+,30-,35+/m1/s1. The van der Waals surface area contributed by atoms with E-state index in [1.54, 1.807) is 24.3 Å². The van der Waals surface area contributed by atoms with Gasteiger partial charge in [0.25, 0.3) is 0 Å². The molecule has 5 atom stereocenters. The third-order valence-corrected chi connectivity index (χ3v) is 9.77. The quantitative estimate of drug-likeness (QED) is 0.176. The lowest BCUT2D eigenvalue weighted by Crippen LogP contribution is -2.51. The first-order chi connectivity index (χ1) is 21.6. The molecule has 2 fully saturated rings. The molecule has 4 rings (SSSR count). The molecule has 2 aliphatic heterocycles. The van der Waals surface area contributed by atoms with Crippen molar-refractivity contribution in [1.29, 1.82) is 0 Å². The average molecular weight is 678 g/mol. The van der Waals surface area contributed by atoms with E-state index < -0.39 is 42.1 Å². The van der Waals surface area contributed by atoms with Crippen molar-refractivity contribution < 1.29 is 23.5 Å². The second kappa shape index (κ2) is 14.6. The first kappa shape index (κ1) is 36.1. The number of ether oxygens (including phenoxy) is 1. The number of hydrogen-bond donors (Lipinski definition) is 4. The molecule has 1 saturated carbocycles. The number of nitrogens with two attached hydrogens (primary N) is 1. The molecular weight excluding hydrogens is 630 g/mol. The molecule has 1 saturated heterocycles. The van der Waals surface area contributed by atoms with Crippen LogP contribution in [-0.2, 0) is 24.5 Å². The first-order valence-electron chi connectivity index (χ1n) is 16.0. The molecule has 252 valence electrons. The van der Waals surface area contributed by atoms with Gasteiger partial charge in [-0.25, -0.2) is 4.39 Å². The number of carbonyl (C=O) groups is 3. The predicted octanol–water partition coefficient (Wildman–Crippen LogP) is 6.08. The van der Waals surface area contributed by atoms with Gasteiger partial charge in [0.1, 0.15) is 24.2 Å². The van der Waals surface area contributed by atoms with Crippen LogP contribution >= 0.6 is 23.2 Å². The molecule has 1 aliphatic carbocycles. The summed E-state index contributed by atoms with van der Waals surface area (Å²) in [6.45, 7) is 13.6. The van der Waals surface area contributed by atoms with Gasteiger partial charge in [-0.05, 0) is 72.8 Å². The molecule has 1 aromatic carbocycles. The van der Waals surface area contributed by atoms with Gasteiger partial charge in [-0.1, -0.05) is 82.6 Å². The van der Waals surface area contributed by atoms with Crippen LogP contribution < -0.4 is 21.7 Å². The van der Waals surface area contributed by atoms with Crippen molar-refractivity contribution in [2.45, 2.75) is 102 Å². The largest absolute Gasteiger partial charge is 0.461 e. The van der Waals surface area contributed by atoms with Gasteiger partial charge in [0.2, 0.25) is 11.8 Å². The van der Waals surface area contributed by atoms with Gasteiger partial charge < -0.3 is 26.4 Å². The molecule has 5 N–H and O–H groups in total. The summed E-state index contributed by atoms with van der Waals surface area (Å²) in [7, 11) is 0. The monoisotopic (exact) mass is 676 g/mol. The fraction of sp³-hybridized carbons (Fsp3) is 0.571. The molecule has 0 bridgehead atoms. The lowest BCUT2D eigenvalue weighted by atomic mass is 9.62. The molecule has 11 heteroatoms. The van der Waals surface area contributed by atoms with E-state index in [0.29, 0.717) is 48.4 Å². The van der Waals surface area contributed by atoms with E-state index in [1.165, 1.54) is 6.08 Å². The Balaban J connectivity index is 1.65. The number of amides is 2. The highest BCUT2D eigenvalue weighted by molar-refractivity contribution is 6.31. The van der Waals surface area contributed by atoms with Gasteiger partial charge in [0.05, 0.1) is 6.04 Å². The van der Waals surface area contributed by atoms with E-state index in [0.717, 1.165) is 5.56 Å². The summed E-state index contributed by atoms with van der Waals surface area (Å²) in [4.78, 5) is 40.9. The maximum atomic E-state index is 14.3. The molecule has 8 nitrogen and oxygen atoms in total. The molecule has 2 heterocycles. The van der Waals surface area contributed by atoms with Crippen molar-refractivity contribution in [3.05, 3.63) is 64.2 Å². The maximum absolute atomic E-state index is 14.3. The number of nitrogens with one attached hydrogen (secondary N) is 3. The molecule has 46 heavy (non-hydrogen) atoms. The summed E-state index contributed by atoms with van der Waals surface area (Å²) in [6, 6.07) is 3.29. The van der Waals surface area contributed by atoms with Crippen molar-refractivity contribution in [2.24, 2.45) is 23.0 Å². The van der Waals surface area contributed by atoms with Crippen LogP contribution in [0.3, 0.4) is 0 Å². The first-order valence-corrected chi connectivity index (χ1v) is 16.8. The Kier molecular flexibility index (Phi) is 11.5. The minimum absolute atomic E-state index is 0.0208. The van der Waals surface area contributed by atoms with Crippen LogP contribution in [-0.4, -0.2) is 54.7 Å². The highest BCUT2D eigenvalue weighted by Gasteiger charge is 2.65. The number of esters is 1. The fourth-order valence-corrected chi connectivity index (χ4v) is 7.27. The second-order valence-electron chi connectivity index (χ2n) is 14.3. The van der Waals surface area contributed by atoms with Crippen LogP contribution in [0.2, 0.25) is 5.02 Å². The number of alkyl halides is 1. The number of rotatable bonds is 10. The molecule has 0 aromatic heterocycles. The molecule has 1 aromatic rings. The van der Waals surface area contributed by atoms with E-state index >= 15 is 0 Å². The Morgan fingerprint density at radius 3 is 2.52 bits per heavy atom. The Morgan fingerprint density at radius 1 is 1.24 bits per heavy atom. The molecule has 3 aliphatic rings. The molecule has 1 spiro atoms. The van der Waals surface area contributed by atoms with Crippen molar-refractivity contribution in [2.75, 3.05) is 12.0 Å². The summed E-state index contributed by atoms with van der Waals surface area (Å²) in [5, 5.41) is 10.3. The minimum atomic E-state index is -1.18. The van der Waals surface area contributed by atoms with Crippen LogP contribution in [0.4, 0.5) is 10.1 Å². The van der Waals surface area contributed by atoms with E-state index in [9.17, 15) is 18.8 Å². The third-order valence-electron chi connectivity index (χ3n) is 9.31. The Hall–Kier alpha value is -2.72. The van der Waals surface area contributed by atoms with Gasteiger partial charge in [0, 0.05) is 33.7 Å². The van der Waals surface area contributed by atoms with Gasteiger partial charge >= 0.3 is 5.97 Å². The van der Waals surface area contributed by atoms with E-state index in [2.05, 4.69) is 43.3 Å². The van der Waals surface area contributed by atoms with Crippen molar-refractivity contribution in [3.8, 4) is 0 Å². The SMILES string of the molecule is C=C(/C=C\C=C(\Cl)CF)[C@H]1[C@H](C(=O)N[C@H]2CC[C@H](OC(=O)[C@@H](N)C(C)C)CC2)N[C@H](CC(C)(C)C)[C@]12C(=O)Nc1cc(Cl)ccc12. The summed E-state index contributed by atoms with van der Waals surface area (Å²) >= 11 is 12.2. The lowest BCUT2D eigenvalue weighted by Gasteiger charge is -2.38. The Bertz CT molecular complexity index is 1400. The van der Waals surface area contributed by atoms with E-state index in [1.807, 2.05) is 19.9 Å². The number of allylic oxidation sites excluding steroid dienone is 4. The topological polar surface area (TPSA) is 123 Å². The van der Waals surface area contributed by atoms with E-state index in [-0.39, 0.29) is 40.3 Å². The number of halogens is 3. The van der Waals surface area contributed by atoms with Crippen LogP contribution in [0.1, 0.15) is 72.3 Å². The molecule has 0 radical (unpaired) electrons. The zero-order chi connectivity index (χ0) is 34.0. The number of fused-ring (bicyclic) bond motifs is 2. The van der Waals surface area contributed by atoms with Crippen molar-refractivity contribution >= 4 is 46.7 Å². The summed E-state index contributed by atoms with van der Waals surface area (Å²) in [5.41, 5.74) is 6.47. The van der Waals surface area contributed by atoms with Gasteiger partial charge in [0.15, 0.2) is 0 Å². The fourth-order valence-electron chi connectivity index (χ4n) is 7.03. The summed E-state index contributed by atoms with van der Waals surface area (Å²) in [6.07, 6.45) is 7.52. The third kappa shape index (κ3) is 7.70. The van der Waals surface area contributed by atoms with Crippen LogP contribution in [0.25, 0.3) is 0 Å². The minimum Gasteiger partial charge on any atom is -0.461 e. The van der Waals surface area contributed by atoms with Gasteiger partial charge in [-0.15, -0.1) is 0 Å². The van der Waals surface area contributed by atoms with E-state index in [4.69, 9.17) is 33.7 Å². The second-order valence-corrected chi connectivity index (χ2v) is 15.2. The number of anilines is 1. The zero-order valence-corrected chi connectivity index (χ0v) is 28.8. The van der Waals surface area contributed by atoms with Crippen LogP contribution in [0.5, 0.6) is 0 Å². The number of benzene rings is 1. The summed E-state index contributed by atoms with van der Waals surface area (Å²) < 4.78 is 18.7. The lowest BCUT2D eigenvalue weighted by molar-refractivity contribution is -0.153. The number of carbonyl (C=O) groups excluding carboxylic acids is 3. The average Bonchev–Trinajstić information content (AvgIpc) is 3.46. The highest BCUT2D eigenvalue weighted by atomic mass is 35.5. The molecule has 0 unspecified atom stereocenters. The zero-order valence-electron chi connectivity index (χ0n) is 27.3. The predicted molar refractivity (Wildman–Crippen MR) is 181 cm³/mol. The molecular formula is C35H47Cl2FN4O4. The van der Waals surface area contributed by atoms with Gasteiger partial charge in [-0.3, -0.25) is 14.4 Å². The van der Waals surface area contributed by atoms with Crippen LogP contribution in [0, 0.1) is 17.3 Å². The van der Waals surface area contributed by atoms with Crippen molar-refractivity contribution in [3.63, 3.8) is 0 Å². The Morgan fingerprint density at radius 2 is 1.91 bits per heavy atom. The van der Waals surface area contributed by atoms with Crippen LogP contribution in [0.15, 0.2) is 53.6 Å². The summed E-state index contributed by atoms with van der Waals surface area (Å²) in [5.74, 6) is -1.59. The van der Waals surface area contributed by atoms with Gasteiger partial charge in [-0.2, -0.15) is 0 Å². The number of hydrogen-bond acceptors (Lipinski definition) is 6.